The van der Waals surface area contributed by atoms with Crippen LogP contribution in [0, 0.1) is 3.57 Å². The van der Waals surface area contributed by atoms with E-state index in [0.717, 1.165) is 3.57 Å². The van der Waals surface area contributed by atoms with Gasteiger partial charge in [0, 0.05) is 17.2 Å². The van der Waals surface area contributed by atoms with Crippen molar-refractivity contribution in [2.45, 2.75) is 17.9 Å². The van der Waals surface area contributed by atoms with Crippen LogP contribution in [-0.2, 0) is 14.8 Å². The third-order valence-corrected chi connectivity index (χ3v) is 4.89. The second-order valence-corrected chi connectivity index (χ2v) is 6.81. The number of sulfonamides is 1. The number of hydrogen-bond donors (Lipinski definition) is 2. The van der Waals surface area contributed by atoms with Crippen molar-refractivity contribution >= 4 is 44.3 Å². The van der Waals surface area contributed by atoms with Gasteiger partial charge in [-0.25, -0.2) is 0 Å². The molecule has 0 aromatic heterocycles. The molecule has 0 saturated carbocycles. The van der Waals surface area contributed by atoms with Gasteiger partial charge >= 0.3 is 0 Å². The fourth-order valence-corrected chi connectivity index (χ4v) is 3.49. The molecule has 1 aliphatic rings. The number of hydrogen-bond acceptors (Lipinski definition) is 5. The van der Waals surface area contributed by atoms with Crippen LogP contribution in [0.4, 0.5) is 5.69 Å². The Morgan fingerprint density at radius 3 is 2.95 bits per heavy atom. The first kappa shape index (κ1) is 14.5. The van der Waals surface area contributed by atoms with Crippen molar-refractivity contribution in [1.82, 2.24) is 5.32 Å². The molecule has 1 unspecified atom stereocenters. The van der Waals surface area contributed by atoms with Crippen LogP contribution in [0.5, 0.6) is 0 Å². The topological polar surface area (TPSA) is 79.8 Å². The number of guanidine groups is 1. The minimum atomic E-state index is -3.65. The molecule has 1 aromatic carbocycles. The molecule has 0 saturated heterocycles. The molecule has 0 amide bonds. The molecule has 1 heterocycles. The highest BCUT2D eigenvalue weighted by molar-refractivity contribution is 14.1. The number of anilines is 1. The SMILES string of the molecule is COC(C)CNC1=NS(=O)(=O)c2cccc(I)c2N1. The Morgan fingerprint density at radius 1 is 1.53 bits per heavy atom. The van der Waals surface area contributed by atoms with Gasteiger partial charge in [0.05, 0.1) is 11.8 Å². The van der Waals surface area contributed by atoms with E-state index in [0.29, 0.717) is 12.2 Å². The average Bonchev–Trinajstić information content (AvgIpc) is 2.36. The van der Waals surface area contributed by atoms with Gasteiger partial charge in [-0.1, -0.05) is 6.07 Å². The molecular weight excluding hydrogens is 381 g/mol. The Labute approximate surface area is 125 Å². The zero-order valence-electron chi connectivity index (χ0n) is 10.5. The van der Waals surface area contributed by atoms with Gasteiger partial charge in [0.2, 0.25) is 5.96 Å². The molecule has 104 valence electrons. The second-order valence-electron chi connectivity index (χ2n) is 4.08. The second kappa shape index (κ2) is 5.63. The van der Waals surface area contributed by atoms with E-state index in [2.05, 4.69) is 37.6 Å². The quantitative estimate of drug-likeness (QED) is 0.757. The van der Waals surface area contributed by atoms with Crippen LogP contribution in [0.15, 0.2) is 27.5 Å². The molecular formula is C11H14IN3O3S. The maximum Gasteiger partial charge on any atom is 0.287 e. The molecule has 2 N–H and O–H groups in total. The third kappa shape index (κ3) is 3.18. The van der Waals surface area contributed by atoms with Gasteiger partial charge < -0.3 is 15.4 Å². The Kier molecular flexibility index (Phi) is 4.31. The highest BCUT2D eigenvalue weighted by Gasteiger charge is 2.26. The van der Waals surface area contributed by atoms with Crippen molar-refractivity contribution in [1.29, 1.82) is 0 Å². The van der Waals surface area contributed by atoms with Crippen molar-refractivity contribution in [3.05, 3.63) is 21.8 Å². The van der Waals surface area contributed by atoms with Crippen LogP contribution in [0.3, 0.4) is 0 Å². The molecule has 1 aromatic rings. The van der Waals surface area contributed by atoms with Gasteiger partial charge in [0.15, 0.2) is 0 Å². The van der Waals surface area contributed by atoms with Crippen molar-refractivity contribution in [2.24, 2.45) is 4.40 Å². The Morgan fingerprint density at radius 2 is 2.26 bits per heavy atom. The fraction of sp³-hybridized carbons (Fsp3) is 0.364. The number of rotatable bonds is 3. The molecule has 1 aliphatic heterocycles. The Hall–Kier alpha value is -0.870. The number of benzene rings is 1. The lowest BCUT2D eigenvalue weighted by atomic mass is 10.3. The summed E-state index contributed by atoms with van der Waals surface area (Å²) >= 11 is 2.08. The lowest BCUT2D eigenvalue weighted by molar-refractivity contribution is 0.121. The van der Waals surface area contributed by atoms with E-state index in [1.165, 1.54) is 6.07 Å². The number of methoxy groups -OCH3 is 1. The molecule has 19 heavy (non-hydrogen) atoms. The van der Waals surface area contributed by atoms with Gasteiger partial charge in [0.1, 0.15) is 4.90 Å². The number of halogens is 1. The Bertz CT molecular complexity index is 616. The zero-order chi connectivity index (χ0) is 14.0. The van der Waals surface area contributed by atoms with Crippen LogP contribution in [0.2, 0.25) is 0 Å². The van der Waals surface area contributed by atoms with Gasteiger partial charge in [0.25, 0.3) is 10.0 Å². The van der Waals surface area contributed by atoms with Crippen molar-refractivity contribution in [2.75, 3.05) is 19.0 Å². The number of para-hydroxylation sites is 1. The molecule has 0 radical (unpaired) electrons. The zero-order valence-corrected chi connectivity index (χ0v) is 13.4. The minimum absolute atomic E-state index is 0.0385. The number of nitrogens with zero attached hydrogens (tertiary/aromatic N) is 1. The van der Waals surface area contributed by atoms with E-state index < -0.39 is 10.0 Å². The first-order chi connectivity index (χ1) is 8.94. The smallest absolute Gasteiger partial charge is 0.287 e. The standard InChI is InChI=1S/C11H14IN3O3S/c1-7(18-2)6-13-11-14-10-8(12)4-3-5-9(10)19(16,17)15-11/h3-5,7H,6H2,1-2H3,(H2,13,14,15). The van der Waals surface area contributed by atoms with Gasteiger partial charge in [-0.3, -0.25) is 0 Å². The van der Waals surface area contributed by atoms with Crippen molar-refractivity contribution in [3.8, 4) is 0 Å². The average molecular weight is 395 g/mol. The Balaban J connectivity index is 2.28. The normalized spacial score (nSPS) is 17.9. The summed E-state index contributed by atoms with van der Waals surface area (Å²) < 4.78 is 33.7. The molecule has 0 spiro atoms. The van der Waals surface area contributed by atoms with E-state index in [4.69, 9.17) is 4.74 Å². The summed E-state index contributed by atoms with van der Waals surface area (Å²) in [5.74, 6) is 0.223. The first-order valence-corrected chi connectivity index (χ1v) is 8.13. The summed E-state index contributed by atoms with van der Waals surface area (Å²) in [5, 5.41) is 5.92. The van der Waals surface area contributed by atoms with E-state index in [1.807, 2.05) is 13.0 Å². The highest BCUT2D eigenvalue weighted by atomic mass is 127. The molecule has 0 bridgehead atoms. The van der Waals surface area contributed by atoms with Crippen molar-refractivity contribution < 1.29 is 13.2 Å². The van der Waals surface area contributed by atoms with Gasteiger partial charge in [-0.2, -0.15) is 8.42 Å². The molecule has 2 rings (SSSR count). The molecule has 8 heteroatoms. The lowest BCUT2D eigenvalue weighted by Gasteiger charge is -2.21. The summed E-state index contributed by atoms with van der Waals surface area (Å²) in [6, 6.07) is 5.07. The van der Waals surface area contributed by atoms with Gasteiger partial charge in [-0.05, 0) is 41.6 Å². The van der Waals surface area contributed by atoms with Crippen molar-refractivity contribution in [3.63, 3.8) is 0 Å². The van der Waals surface area contributed by atoms with Gasteiger partial charge in [-0.15, -0.1) is 4.40 Å². The molecule has 6 nitrogen and oxygen atoms in total. The van der Waals surface area contributed by atoms with Crippen LogP contribution in [0.1, 0.15) is 6.92 Å². The van der Waals surface area contributed by atoms with E-state index in [-0.39, 0.29) is 17.0 Å². The highest BCUT2D eigenvalue weighted by Crippen LogP contribution is 2.30. The first-order valence-electron chi connectivity index (χ1n) is 5.61. The number of nitrogens with one attached hydrogen (secondary N) is 2. The lowest BCUT2D eigenvalue weighted by Crippen LogP contribution is -2.39. The molecule has 0 aliphatic carbocycles. The predicted octanol–water partition coefficient (Wildman–Crippen LogP) is 1.39. The summed E-state index contributed by atoms with van der Waals surface area (Å²) in [7, 11) is -2.06. The van der Waals surface area contributed by atoms with E-state index >= 15 is 0 Å². The largest absolute Gasteiger partial charge is 0.380 e. The van der Waals surface area contributed by atoms with E-state index in [1.54, 1.807) is 13.2 Å². The third-order valence-electron chi connectivity index (χ3n) is 2.67. The summed E-state index contributed by atoms with van der Waals surface area (Å²) in [4.78, 5) is 0.199. The summed E-state index contributed by atoms with van der Waals surface area (Å²) in [5.41, 5.74) is 0.561. The maximum absolute atomic E-state index is 12.0. The number of ether oxygens (including phenoxy) is 1. The van der Waals surface area contributed by atoms with Crippen LogP contribution in [0.25, 0.3) is 0 Å². The minimum Gasteiger partial charge on any atom is -0.380 e. The maximum atomic E-state index is 12.0. The molecule has 1 atom stereocenters. The van der Waals surface area contributed by atoms with Crippen LogP contribution >= 0.6 is 22.6 Å². The fourth-order valence-electron chi connectivity index (χ4n) is 1.55. The monoisotopic (exact) mass is 395 g/mol. The number of fused-ring (bicyclic) bond motifs is 1. The molecule has 0 fully saturated rings. The van der Waals surface area contributed by atoms with Crippen LogP contribution in [-0.4, -0.2) is 34.1 Å². The summed E-state index contributed by atoms with van der Waals surface area (Å²) in [6.45, 7) is 2.35. The van der Waals surface area contributed by atoms with Crippen LogP contribution < -0.4 is 10.6 Å². The predicted molar refractivity (Wildman–Crippen MR) is 81.9 cm³/mol. The van der Waals surface area contributed by atoms with E-state index in [9.17, 15) is 8.42 Å². The summed E-state index contributed by atoms with van der Waals surface area (Å²) in [6.07, 6.45) is -0.0385.